The molecule has 1 aliphatic heterocycles. The predicted molar refractivity (Wildman–Crippen MR) is 92.7 cm³/mol. The van der Waals surface area contributed by atoms with Gasteiger partial charge in [-0.1, -0.05) is 12.1 Å². The molecule has 128 valence electrons. The summed E-state index contributed by atoms with van der Waals surface area (Å²) in [6.07, 6.45) is 8.57. The first kappa shape index (κ1) is 15.8. The van der Waals surface area contributed by atoms with Crippen LogP contribution in [0, 0.1) is 5.82 Å². The summed E-state index contributed by atoms with van der Waals surface area (Å²) < 4.78 is 20.1. The second-order valence-corrected chi connectivity index (χ2v) is 6.46. The molecule has 0 spiro atoms. The number of ether oxygens (including phenoxy) is 1. The van der Waals surface area contributed by atoms with Crippen LogP contribution in [0.15, 0.2) is 48.3 Å². The van der Waals surface area contributed by atoms with Crippen molar-refractivity contribution in [3.05, 3.63) is 59.7 Å². The molecule has 1 N–H and O–H groups in total. The Morgan fingerprint density at radius 3 is 3.04 bits per heavy atom. The summed E-state index contributed by atoms with van der Waals surface area (Å²) in [7, 11) is 0. The fraction of sp³-hybridized carbons (Fsp3) is 0.300. The molecule has 0 saturated heterocycles. The zero-order valence-corrected chi connectivity index (χ0v) is 13.8. The van der Waals surface area contributed by atoms with Crippen LogP contribution in [0.1, 0.15) is 24.8 Å². The van der Waals surface area contributed by atoms with Gasteiger partial charge in [-0.2, -0.15) is 0 Å². The number of benzene rings is 1. The third-order valence-electron chi connectivity index (χ3n) is 4.67. The molecule has 2 aromatic rings. The van der Waals surface area contributed by atoms with Crippen molar-refractivity contribution >= 4 is 5.91 Å². The monoisotopic (exact) mass is 338 g/mol. The van der Waals surface area contributed by atoms with E-state index in [4.69, 9.17) is 4.74 Å². The smallest absolute Gasteiger partial charge is 0.247 e. The highest BCUT2D eigenvalue weighted by Crippen LogP contribution is 2.35. The molecular weight excluding hydrogens is 319 g/mol. The zero-order valence-electron chi connectivity index (χ0n) is 13.8. The first-order chi connectivity index (χ1) is 12.2. The summed E-state index contributed by atoms with van der Waals surface area (Å²) in [6, 6.07) is 7.14. The molecule has 0 unspecified atom stereocenters. The van der Waals surface area contributed by atoms with Crippen molar-refractivity contribution in [2.45, 2.75) is 31.8 Å². The van der Waals surface area contributed by atoms with Gasteiger partial charge < -0.3 is 10.1 Å². The molecule has 2 heterocycles. The number of nitrogens with zero attached hydrogens (tertiary/aromatic N) is 1. The maximum absolute atomic E-state index is 14.4. The van der Waals surface area contributed by atoms with Crippen molar-refractivity contribution in [1.29, 1.82) is 0 Å². The lowest BCUT2D eigenvalue weighted by molar-refractivity contribution is -0.117. The van der Waals surface area contributed by atoms with Gasteiger partial charge in [0.15, 0.2) is 11.6 Å². The van der Waals surface area contributed by atoms with Gasteiger partial charge in [0.2, 0.25) is 5.91 Å². The number of carbonyl (C=O) groups excluding carboxylic acids is 1. The van der Waals surface area contributed by atoms with E-state index in [0.29, 0.717) is 18.7 Å². The molecule has 0 radical (unpaired) electrons. The molecule has 0 fully saturated rings. The van der Waals surface area contributed by atoms with E-state index in [1.807, 2.05) is 24.3 Å². The van der Waals surface area contributed by atoms with Gasteiger partial charge in [0, 0.05) is 35.5 Å². The van der Waals surface area contributed by atoms with Crippen LogP contribution in [0.5, 0.6) is 5.75 Å². The van der Waals surface area contributed by atoms with Crippen molar-refractivity contribution in [3.8, 4) is 16.9 Å². The van der Waals surface area contributed by atoms with Crippen molar-refractivity contribution in [3.63, 3.8) is 0 Å². The van der Waals surface area contributed by atoms with Crippen molar-refractivity contribution in [1.82, 2.24) is 10.3 Å². The fourth-order valence-corrected chi connectivity index (χ4v) is 3.40. The third-order valence-corrected chi connectivity index (χ3v) is 4.67. The van der Waals surface area contributed by atoms with Crippen LogP contribution < -0.4 is 10.1 Å². The van der Waals surface area contributed by atoms with Gasteiger partial charge in [0.25, 0.3) is 0 Å². The number of halogens is 1. The van der Waals surface area contributed by atoms with E-state index in [-0.39, 0.29) is 17.8 Å². The number of hydrogen-bond acceptors (Lipinski definition) is 3. The fourth-order valence-electron chi connectivity index (χ4n) is 3.40. The molecular formula is C20H19FN2O2. The van der Waals surface area contributed by atoms with Crippen LogP contribution in [-0.4, -0.2) is 23.5 Å². The number of aromatic nitrogens is 1. The molecule has 0 bridgehead atoms. The van der Waals surface area contributed by atoms with Gasteiger partial charge in [0.1, 0.15) is 6.10 Å². The Hall–Kier alpha value is -2.69. The number of pyridine rings is 1. The second kappa shape index (κ2) is 6.67. The van der Waals surface area contributed by atoms with Crippen LogP contribution in [-0.2, 0) is 11.2 Å². The minimum absolute atomic E-state index is 0.0337. The predicted octanol–water partition coefficient (Wildman–Crippen LogP) is 3.42. The van der Waals surface area contributed by atoms with Crippen molar-refractivity contribution in [2.24, 2.45) is 0 Å². The second-order valence-electron chi connectivity index (χ2n) is 6.46. The molecule has 1 aliphatic carbocycles. The lowest BCUT2D eigenvalue weighted by Gasteiger charge is -2.12. The van der Waals surface area contributed by atoms with Gasteiger partial charge in [-0.15, -0.1) is 0 Å². The topological polar surface area (TPSA) is 51.2 Å². The van der Waals surface area contributed by atoms with Crippen molar-refractivity contribution < 1.29 is 13.9 Å². The molecule has 1 aromatic heterocycles. The summed E-state index contributed by atoms with van der Waals surface area (Å²) in [5.41, 5.74) is 3.33. The van der Waals surface area contributed by atoms with Crippen LogP contribution in [0.4, 0.5) is 4.39 Å². The van der Waals surface area contributed by atoms with Gasteiger partial charge in [0.05, 0.1) is 6.54 Å². The molecule has 2 aliphatic rings. The Morgan fingerprint density at radius 1 is 1.36 bits per heavy atom. The van der Waals surface area contributed by atoms with E-state index in [0.717, 1.165) is 41.5 Å². The van der Waals surface area contributed by atoms with E-state index in [2.05, 4.69) is 10.3 Å². The molecule has 1 atom stereocenters. The minimum Gasteiger partial charge on any atom is -0.485 e. The first-order valence-corrected chi connectivity index (χ1v) is 8.57. The molecule has 0 saturated carbocycles. The van der Waals surface area contributed by atoms with Crippen LogP contribution in [0.25, 0.3) is 11.1 Å². The van der Waals surface area contributed by atoms with Gasteiger partial charge in [-0.25, -0.2) is 4.39 Å². The Kier molecular flexibility index (Phi) is 4.22. The van der Waals surface area contributed by atoms with Gasteiger partial charge in [-0.3, -0.25) is 9.78 Å². The summed E-state index contributed by atoms with van der Waals surface area (Å²) in [5, 5.41) is 2.90. The summed E-state index contributed by atoms with van der Waals surface area (Å²) in [6.45, 7) is 0.381. The van der Waals surface area contributed by atoms with Crippen molar-refractivity contribution in [2.75, 3.05) is 6.54 Å². The lowest BCUT2D eigenvalue weighted by atomic mass is 10.0. The molecule has 25 heavy (non-hydrogen) atoms. The average molecular weight is 338 g/mol. The number of carbonyl (C=O) groups is 1. The molecule has 4 nitrogen and oxygen atoms in total. The zero-order chi connectivity index (χ0) is 17.2. The standard InChI is InChI=1S/C20H19FN2O2/c21-18-10-15(14-6-3-7-22-11-14)8-16-9-17(25-19(16)18)12-23-20(24)13-4-1-2-5-13/h3-4,6-8,10-11,17H,1-2,5,9,12H2,(H,23,24)/t17-/m1/s1. The number of rotatable bonds is 4. The maximum Gasteiger partial charge on any atom is 0.247 e. The van der Waals surface area contributed by atoms with Crippen LogP contribution >= 0.6 is 0 Å². The Morgan fingerprint density at radius 2 is 2.28 bits per heavy atom. The molecule has 1 amide bonds. The summed E-state index contributed by atoms with van der Waals surface area (Å²) >= 11 is 0. The number of fused-ring (bicyclic) bond motifs is 1. The number of allylic oxidation sites excluding steroid dienone is 1. The van der Waals surface area contributed by atoms with E-state index in [1.54, 1.807) is 12.4 Å². The highest BCUT2D eigenvalue weighted by Gasteiger charge is 2.27. The van der Waals surface area contributed by atoms with E-state index in [1.165, 1.54) is 6.07 Å². The van der Waals surface area contributed by atoms with E-state index >= 15 is 0 Å². The normalized spacial score (nSPS) is 18.4. The quantitative estimate of drug-likeness (QED) is 0.929. The Balaban J connectivity index is 1.45. The summed E-state index contributed by atoms with van der Waals surface area (Å²) in [5.74, 6) is -0.107. The molecule has 4 rings (SSSR count). The van der Waals surface area contributed by atoms with Crippen LogP contribution in [0.3, 0.4) is 0 Å². The van der Waals surface area contributed by atoms with Crippen LogP contribution in [0.2, 0.25) is 0 Å². The highest BCUT2D eigenvalue weighted by atomic mass is 19.1. The Bertz CT molecular complexity index is 833. The van der Waals surface area contributed by atoms with E-state index in [9.17, 15) is 9.18 Å². The van der Waals surface area contributed by atoms with E-state index < -0.39 is 0 Å². The summed E-state index contributed by atoms with van der Waals surface area (Å²) in [4.78, 5) is 16.1. The third kappa shape index (κ3) is 3.27. The Labute approximate surface area is 145 Å². The minimum atomic E-state index is -0.372. The highest BCUT2D eigenvalue weighted by molar-refractivity contribution is 5.93. The number of hydrogen-bond donors (Lipinski definition) is 1. The number of nitrogens with one attached hydrogen (secondary N) is 1. The molecule has 5 heteroatoms. The average Bonchev–Trinajstić information content (AvgIpc) is 3.30. The van der Waals surface area contributed by atoms with Gasteiger partial charge >= 0.3 is 0 Å². The molecule has 1 aromatic carbocycles. The largest absolute Gasteiger partial charge is 0.485 e. The first-order valence-electron chi connectivity index (χ1n) is 8.57. The van der Waals surface area contributed by atoms with Gasteiger partial charge in [-0.05, 0) is 43.0 Å². The maximum atomic E-state index is 14.4. The SMILES string of the molecule is O=C(NC[C@H]1Cc2cc(-c3cccnc3)cc(F)c2O1)C1=CCCC1. The lowest BCUT2D eigenvalue weighted by Crippen LogP contribution is -2.35. The number of amides is 1.